The van der Waals surface area contributed by atoms with Crippen LogP contribution in [-0.4, -0.2) is 16.2 Å². The molecule has 0 fully saturated rings. The molecule has 2 N–H and O–H groups in total. The van der Waals surface area contributed by atoms with Gasteiger partial charge in [-0.05, 0) is 34.7 Å². The average Bonchev–Trinajstić information content (AvgIpc) is 2.08. The van der Waals surface area contributed by atoms with Crippen molar-refractivity contribution in [1.82, 2.24) is 0 Å². The summed E-state index contributed by atoms with van der Waals surface area (Å²) in [5, 5.41) is 18.8. The Morgan fingerprint density at radius 2 is 2.06 bits per heavy atom. The summed E-state index contributed by atoms with van der Waals surface area (Å²) in [4.78, 5) is 10.8. The number of aliphatic carboxylic acids is 1. The van der Waals surface area contributed by atoms with E-state index in [-0.39, 0.29) is 12.2 Å². The molecule has 0 saturated heterocycles. The van der Waals surface area contributed by atoms with E-state index in [1.807, 2.05) is 22.6 Å². The molecule has 1 aromatic carbocycles. The lowest BCUT2D eigenvalue weighted by Crippen LogP contribution is -2.22. The van der Waals surface area contributed by atoms with E-state index < -0.39 is 11.4 Å². The minimum Gasteiger partial charge on any atom is -0.507 e. The first-order chi connectivity index (χ1) is 7.24. The van der Waals surface area contributed by atoms with Gasteiger partial charge in [-0.25, -0.2) is 0 Å². The van der Waals surface area contributed by atoms with Crippen molar-refractivity contribution < 1.29 is 15.0 Å². The number of aromatic hydroxyl groups is 1. The molecule has 5 heteroatoms. The Morgan fingerprint density at radius 3 is 2.56 bits per heavy atom. The van der Waals surface area contributed by atoms with Crippen LogP contribution in [0.1, 0.15) is 25.8 Å². The topological polar surface area (TPSA) is 57.5 Å². The summed E-state index contributed by atoms with van der Waals surface area (Å²) in [6.45, 7) is 3.61. The van der Waals surface area contributed by atoms with Crippen molar-refractivity contribution in [2.24, 2.45) is 0 Å². The molecule has 16 heavy (non-hydrogen) atoms. The van der Waals surface area contributed by atoms with Crippen molar-refractivity contribution in [1.29, 1.82) is 0 Å². The van der Waals surface area contributed by atoms with Gasteiger partial charge < -0.3 is 10.2 Å². The number of phenolic OH excluding ortho intramolecular Hbond substituents is 1. The number of carboxylic acids is 1. The predicted molar refractivity (Wildman–Crippen MR) is 73.8 cm³/mol. The van der Waals surface area contributed by atoms with E-state index >= 15 is 0 Å². The van der Waals surface area contributed by atoms with E-state index in [9.17, 15) is 9.90 Å². The van der Waals surface area contributed by atoms with Crippen molar-refractivity contribution in [3.8, 4) is 5.75 Å². The minimum absolute atomic E-state index is 0.0207. The average molecular weight is 399 g/mol. The van der Waals surface area contributed by atoms with Crippen LogP contribution in [0, 0.1) is 3.57 Å². The molecular weight excluding hydrogens is 387 g/mol. The first-order valence-corrected chi connectivity index (χ1v) is 6.51. The van der Waals surface area contributed by atoms with E-state index in [1.54, 1.807) is 26.0 Å². The first kappa shape index (κ1) is 13.8. The summed E-state index contributed by atoms with van der Waals surface area (Å²) in [6, 6.07) is 3.55. The summed E-state index contributed by atoms with van der Waals surface area (Å²) in [5.74, 6) is -0.713. The molecule has 1 aromatic rings. The Morgan fingerprint density at radius 1 is 1.50 bits per heavy atom. The highest BCUT2D eigenvalue weighted by Crippen LogP contribution is 2.38. The standard InChI is InChI=1S/C11H12BrIO3/c1-11(2,5-9(14)15)7-3-6(12)4-8(13)10(7)16/h3-4,16H,5H2,1-2H3,(H,14,15). The van der Waals surface area contributed by atoms with E-state index in [2.05, 4.69) is 15.9 Å². The van der Waals surface area contributed by atoms with Crippen LogP contribution < -0.4 is 0 Å². The second-order valence-electron chi connectivity index (χ2n) is 4.24. The van der Waals surface area contributed by atoms with Gasteiger partial charge in [0.05, 0.1) is 9.99 Å². The third-order valence-electron chi connectivity index (χ3n) is 2.35. The van der Waals surface area contributed by atoms with Crippen LogP contribution in [-0.2, 0) is 10.2 Å². The normalized spacial score (nSPS) is 11.5. The highest BCUT2D eigenvalue weighted by atomic mass is 127. The van der Waals surface area contributed by atoms with Crippen LogP contribution >= 0.6 is 38.5 Å². The Bertz CT molecular complexity index is 429. The third kappa shape index (κ3) is 3.10. The third-order valence-corrected chi connectivity index (χ3v) is 3.63. The van der Waals surface area contributed by atoms with Gasteiger partial charge in [0.2, 0.25) is 0 Å². The second-order valence-corrected chi connectivity index (χ2v) is 6.32. The van der Waals surface area contributed by atoms with E-state index in [1.165, 1.54) is 0 Å². The molecule has 0 aromatic heterocycles. The lowest BCUT2D eigenvalue weighted by molar-refractivity contribution is -0.138. The van der Waals surface area contributed by atoms with Gasteiger partial charge in [-0.1, -0.05) is 29.8 Å². The summed E-state index contributed by atoms with van der Waals surface area (Å²) in [7, 11) is 0. The number of benzene rings is 1. The van der Waals surface area contributed by atoms with Gasteiger partial charge in [-0.15, -0.1) is 0 Å². The Balaban J connectivity index is 3.26. The fourth-order valence-corrected chi connectivity index (χ4v) is 3.07. The molecule has 0 aliphatic rings. The maximum Gasteiger partial charge on any atom is 0.304 e. The summed E-state index contributed by atoms with van der Waals surface area (Å²) in [6.07, 6.45) is -0.0207. The van der Waals surface area contributed by atoms with Gasteiger partial charge in [0.1, 0.15) is 5.75 Å². The molecule has 3 nitrogen and oxygen atoms in total. The molecule has 1 rings (SSSR count). The quantitative estimate of drug-likeness (QED) is 0.766. The van der Waals surface area contributed by atoms with Crippen molar-refractivity contribution in [2.75, 3.05) is 0 Å². The zero-order valence-electron chi connectivity index (χ0n) is 8.92. The van der Waals surface area contributed by atoms with Crippen LogP contribution in [0.3, 0.4) is 0 Å². The molecule has 0 saturated carbocycles. The number of rotatable bonds is 3. The second kappa shape index (κ2) is 4.91. The van der Waals surface area contributed by atoms with Crippen LogP contribution in [0.2, 0.25) is 0 Å². The SMILES string of the molecule is CC(C)(CC(=O)O)c1cc(Br)cc(I)c1O. The molecule has 88 valence electrons. The zero-order chi connectivity index (χ0) is 12.5. The fraction of sp³-hybridized carbons (Fsp3) is 0.364. The molecule has 0 heterocycles. The summed E-state index contributed by atoms with van der Waals surface area (Å²) < 4.78 is 1.55. The molecule has 0 aliphatic carbocycles. The Labute approximate surface area is 116 Å². The lowest BCUT2D eigenvalue weighted by atomic mass is 9.81. The van der Waals surface area contributed by atoms with E-state index in [4.69, 9.17) is 5.11 Å². The van der Waals surface area contributed by atoms with Gasteiger partial charge >= 0.3 is 5.97 Å². The van der Waals surface area contributed by atoms with Gasteiger partial charge in [-0.3, -0.25) is 4.79 Å². The Kier molecular flexibility index (Phi) is 4.23. The molecule has 0 bridgehead atoms. The van der Waals surface area contributed by atoms with Crippen LogP contribution in [0.4, 0.5) is 0 Å². The molecular formula is C11H12BrIO3. The van der Waals surface area contributed by atoms with Crippen LogP contribution in [0.5, 0.6) is 5.75 Å². The largest absolute Gasteiger partial charge is 0.507 e. The van der Waals surface area contributed by atoms with Crippen LogP contribution in [0.15, 0.2) is 16.6 Å². The molecule has 0 aliphatic heterocycles. The monoisotopic (exact) mass is 398 g/mol. The highest BCUT2D eigenvalue weighted by molar-refractivity contribution is 14.1. The summed E-state index contributed by atoms with van der Waals surface area (Å²) >= 11 is 5.36. The maximum absolute atomic E-state index is 10.8. The Hall–Kier alpha value is -0.300. The number of carboxylic acid groups (broad SMARTS) is 1. The minimum atomic E-state index is -0.876. The number of hydrogen-bond donors (Lipinski definition) is 2. The predicted octanol–water partition coefficient (Wildman–Crippen LogP) is 3.51. The first-order valence-electron chi connectivity index (χ1n) is 4.64. The van der Waals surface area contributed by atoms with Gasteiger partial charge in [-0.2, -0.15) is 0 Å². The van der Waals surface area contributed by atoms with Crippen molar-refractivity contribution in [3.05, 3.63) is 25.7 Å². The van der Waals surface area contributed by atoms with Crippen molar-refractivity contribution in [3.63, 3.8) is 0 Å². The highest BCUT2D eigenvalue weighted by Gasteiger charge is 2.28. The van der Waals surface area contributed by atoms with Gasteiger partial charge in [0, 0.05) is 15.5 Å². The molecule has 0 unspecified atom stereocenters. The number of hydrogen-bond acceptors (Lipinski definition) is 2. The zero-order valence-corrected chi connectivity index (χ0v) is 12.7. The van der Waals surface area contributed by atoms with E-state index in [0.717, 1.165) is 4.47 Å². The van der Waals surface area contributed by atoms with Crippen molar-refractivity contribution in [2.45, 2.75) is 25.7 Å². The molecule has 0 spiro atoms. The van der Waals surface area contributed by atoms with E-state index in [0.29, 0.717) is 9.13 Å². The number of halogens is 2. The van der Waals surface area contributed by atoms with Gasteiger partial charge in [0.25, 0.3) is 0 Å². The number of phenols is 1. The van der Waals surface area contributed by atoms with Gasteiger partial charge in [0.15, 0.2) is 0 Å². The maximum atomic E-state index is 10.8. The lowest BCUT2D eigenvalue weighted by Gasteiger charge is -2.24. The molecule has 0 radical (unpaired) electrons. The van der Waals surface area contributed by atoms with Crippen LogP contribution in [0.25, 0.3) is 0 Å². The smallest absolute Gasteiger partial charge is 0.304 e. The molecule has 0 amide bonds. The number of carbonyl (C=O) groups is 1. The van der Waals surface area contributed by atoms with Crippen molar-refractivity contribution >= 4 is 44.5 Å². The fourth-order valence-electron chi connectivity index (χ4n) is 1.56. The summed E-state index contributed by atoms with van der Waals surface area (Å²) in [5.41, 5.74) is 0.0493. The molecule has 0 atom stereocenters.